The maximum Gasteiger partial charge on any atom is 0.413 e. The smallest absolute Gasteiger partial charge is 0.412 e. The first-order chi connectivity index (χ1) is 8.81. The fourth-order valence-electron chi connectivity index (χ4n) is 1.93. The van der Waals surface area contributed by atoms with Crippen LogP contribution in [-0.2, 0) is 4.74 Å². The molecule has 0 aromatic heterocycles. The Kier molecular flexibility index (Phi) is 3.10. The van der Waals surface area contributed by atoms with Gasteiger partial charge in [-0.05, 0) is 24.6 Å². The molecule has 2 rings (SSSR count). The normalized spacial score (nSPS) is 27.1. The van der Waals surface area contributed by atoms with Crippen LogP contribution in [0.2, 0.25) is 0 Å². The summed E-state index contributed by atoms with van der Waals surface area (Å²) >= 11 is 0. The van der Waals surface area contributed by atoms with Gasteiger partial charge in [0.2, 0.25) is 0 Å². The minimum atomic E-state index is -4.51. The summed E-state index contributed by atoms with van der Waals surface area (Å²) in [6, 6.07) is 1.17. The molecule has 1 amide bonds. The van der Waals surface area contributed by atoms with Gasteiger partial charge in [0.25, 0.3) is 0 Å². The Morgan fingerprint density at radius 1 is 1.47 bits per heavy atom. The number of nitriles is 1. The number of rotatable bonds is 0. The molecule has 1 heterocycles. The highest BCUT2D eigenvalue weighted by Crippen LogP contribution is 2.37. The van der Waals surface area contributed by atoms with Crippen LogP contribution in [-0.4, -0.2) is 18.3 Å². The second-order valence-corrected chi connectivity index (χ2v) is 4.20. The van der Waals surface area contributed by atoms with Crippen LogP contribution < -0.4 is 5.32 Å². The van der Waals surface area contributed by atoms with Crippen LogP contribution in [0.5, 0.6) is 0 Å². The second-order valence-electron chi connectivity index (χ2n) is 4.20. The van der Waals surface area contributed by atoms with Crippen LogP contribution in [0.25, 0.3) is 0 Å². The molecule has 1 atom stereocenters. The van der Waals surface area contributed by atoms with Gasteiger partial charge in [-0.15, -0.1) is 0 Å². The van der Waals surface area contributed by atoms with E-state index in [1.807, 2.05) is 0 Å². The van der Waals surface area contributed by atoms with Crippen molar-refractivity contribution in [1.29, 1.82) is 5.26 Å². The molecule has 0 bridgehead atoms. The van der Waals surface area contributed by atoms with Gasteiger partial charge in [-0.1, -0.05) is 0 Å². The molecule has 1 fully saturated rings. The number of allylic oxidation sites excluding steroid dienone is 5. The summed E-state index contributed by atoms with van der Waals surface area (Å²) in [7, 11) is 0. The monoisotopic (exact) mass is 270 g/mol. The van der Waals surface area contributed by atoms with E-state index in [2.05, 4.69) is 5.32 Å². The Labute approximate surface area is 106 Å². The molecule has 0 aromatic carbocycles. The van der Waals surface area contributed by atoms with Crippen molar-refractivity contribution in [3.63, 3.8) is 0 Å². The van der Waals surface area contributed by atoms with Gasteiger partial charge in [0.05, 0.1) is 17.7 Å². The van der Waals surface area contributed by atoms with E-state index in [9.17, 15) is 18.0 Å². The van der Waals surface area contributed by atoms with Crippen LogP contribution >= 0.6 is 0 Å². The van der Waals surface area contributed by atoms with Crippen molar-refractivity contribution < 1.29 is 22.7 Å². The minimum Gasteiger partial charge on any atom is -0.412 e. The predicted octanol–water partition coefficient (Wildman–Crippen LogP) is 2.71. The molecule has 0 saturated carbocycles. The van der Waals surface area contributed by atoms with Crippen molar-refractivity contribution in [2.45, 2.75) is 25.6 Å². The summed E-state index contributed by atoms with van der Waals surface area (Å²) in [4.78, 5) is 11.0. The molecule has 0 unspecified atom stereocenters. The maximum absolute atomic E-state index is 12.7. The quantitative estimate of drug-likeness (QED) is 0.736. The Bertz CT molecular complexity index is 565. The number of alkyl carbamates (subject to hydrolysis) is 1. The third-order valence-electron chi connectivity index (χ3n) is 2.78. The van der Waals surface area contributed by atoms with Crippen molar-refractivity contribution in [1.82, 2.24) is 5.32 Å². The Morgan fingerprint density at radius 3 is 2.63 bits per heavy atom. The molecule has 1 aliphatic heterocycles. The van der Waals surface area contributed by atoms with Gasteiger partial charge in [0, 0.05) is 12.0 Å². The van der Waals surface area contributed by atoms with Crippen LogP contribution in [0.3, 0.4) is 0 Å². The number of nitrogens with zero attached hydrogens (tertiary/aromatic N) is 1. The van der Waals surface area contributed by atoms with Crippen LogP contribution in [0.4, 0.5) is 18.0 Å². The molecule has 1 aliphatic carbocycles. The largest absolute Gasteiger partial charge is 0.413 e. The van der Waals surface area contributed by atoms with Crippen molar-refractivity contribution >= 4 is 6.09 Å². The number of nitrogens with one attached hydrogen (secondary N) is 1. The first-order valence-corrected chi connectivity index (χ1v) is 5.42. The summed E-state index contributed by atoms with van der Waals surface area (Å²) in [5.41, 5.74) is -0.752. The van der Waals surface area contributed by atoms with Crippen molar-refractivity contribution in [3.05, 3.63) is 34.6 Å². The molecule has 1 N–H and O–H groups in total. The molecular formula is C12H9F3N2O2. The van der Waals surface area contributed by atoms with Crippen molar-refractivity contribution in [3.8, 4) is 6.07 Å². The lowest BCUT2D eigenvalue weighted by atomic mass is 9.93. The molecule has 100 valence electrons. The summed E-state index contributed by atoms with van der Waals surface area (Å²) in [6.07, 6.45) is -3.52. The summed E-state index contributed by atoms with van der Waals surface area (Å²) in [5, 5.41) is 11.2. The third kappa shape index (κ3) is 2.62. The molecule has 4 nitrogen and oxygen atoms in total. The molecule has 2 aliphatic rings. The molecule has 0 radical (unpaired) electrons. The number of halogens is 3. The molecule has 0 aromatic rings. The van der Waals surface area contributed by atoms with E-state index < -0.39 is 30.3 Å². The van der Waals surface area contributed by atoms with Gasteiger partial charge in [-0.2, -0.15) is 18.4 Å². The van der Waals surface area contributed by atoms with E-state index in [0.29, 0.717) is 0 Å². The van der Waals surface area contributed by atoms with Gasteiger partial charge in [-0.25, -0.2) is 4.79 Å². The topological polar surface area (TPSA) is 62.1 Å². The fraction of sp³-hybridized carbons (Fsp3) is 0.333. The summed E-state index contributed by atoms with van der Waals surface area (Å²) < 4.78 is 43.1. The third-order valence-corrected chi connectivity index (χ3v) is 2.78. The maximum atomic E-state index is 12.7. The average Bonchev–Trinajstić information content (AvgIpc) is 2.66. The zero-order valence-electron chi connectivity index (χ0n) is 9.84. The Hall–Kier alpha value is -2.23. The van der Waals surface area contributed by atoms with Gasteiger partial charge < -0.3 is 10.1 Å². The standard InChI is InChI=1S/C12H9F3N2O2/c1-6-10(19-11(18)17-6)8-2-7(5-16)3-9(4-8)12(13,14)15/h2-3,6H,4H2,1H3,(H,17,18)/b10-8+/t6-/m0/s1. The van der Waals surface area contributed by atoms with Gasteiger partial charge >= 0.3 is 12.3 Å². The Morgan fingerprint density at radius 2 is 2.16 bits per heavy atom. The lowest BCUT2D eigenvalue weighted by Gasteiger charge is -2.18. The number of ether oxygens (including phenoxy) is 1. The number of carbonyl (C=O) groups excluding carboxylic acids is 1. The van der Waals surface area contributed by atoms with Crippen LogP contribution in [0.15, 0.2) is 34.6 Å². The highest BCUT2D eigenvalue weighted by molar-refractivity contribution is 5.73. The first kappa shape index (κ1) is 13.2. The van der Waals surface area contributed by atoms with Crippen LogP contribution in [0.1, 0.15) is 13.3 Å². The first-order valence-electron chi connectivity index (χ1n) is 5.42. The molecule has 1 saturated heterocycles. The summed E-state index contributed by atoms with van der Waals surface area (Å²) in [5.74, 6) is 0.132. The van der Waals surface area contributed by atoms with E-state index in [0.717, 1.165) is 6.08 Å². The number of carbonyl (C=O) groups is 1. The average molecular weight is 270 g/mol. The lowest BCUT2D eigenvalue weighted by molar-refractivity contribution is -0.0932. The number of hydrogen-bond acceptors (Lipinski definition) is 3. The second kappa shape index (κ2) is 4.46. The van der Waals surface area contributed by atoms with Crippen molar-refractivity contribution in [2.24, 2.45) is 0 Å². The molecule has 19 heavy (non-hydrogen) atoms. The molecule has 0 spiro atoms. The highest BCUT2D eigenvalue weighted by Gasteiger charge is 2.37. The predicted molar refractivity (Wildman–Crippen MR) is 58.6 cm³/mol. The fourth-order valence-corrected chi connectivity index (χ4v) is 1.93. The number of amides is 1. The van der Waals surface area contributed by atoms with E-state index in [1.54, 1.807) is 13.0 Å². The zero-order valence-corrected chi connectivity index (χ0v) is 9.84. The molecule has 7 heteroatoms. The SMILES string of the molecule is C[C@@H]1NC(=O)O/C1=C1\C=C(C#N)C=C(C(F)(F)F)C1. The lowest BCUT2D eigenvalue weighted by Crippen LogP contribution is -2.22. The van der Waals surface area contributed by atoms with Crippen molar-refractivity contribution in [2.75, 3.05) is 0 Å². The number of cyclic esters (lactones) is 1. The number of hydrogen-bond donors (Lipinski definition) is 1. The van der Waals surface area contributed by atoms with Crippen LogP contribution in [0, 0.1) is 11.3 Å². The summed E-state index contributed by atoms with van der Waals surface area (Å²) in [6.45, 7) is 1.60. The zero-order chi connectivity index (χ0) is 14.2. The highest BCUT2D eigenvalue weighted by atomic mass is 19.4. The van der Waals surface area contributed by atoms with E-state index in [4.69, 9.17) is 10.00 Å². The van der Waals surface area contributed by atoms with E-state index in [-0.39, 0.29) is 16.9 Å². The van der Waals surface area contributed by atoms with Gasteiger partial charge in [0.15, 0.2) is 0 Å². The van der Waals surface area contributed by atoms with E-state index in [1.165, 1.54) is 6.08 Å². The van der Waals surface area contributed by atoms with Gasteiger partial charge in [-0.3, -0.25) is 0 Å². The van der Waals surface area contributed by atoms with Gasteiger partial charge in [0.1, 0.15) is 5.76 Å². The Balaban J connectivity index is 2.44. The minimum absolute atomic E-state index is 0.115. The number of alkyl halides is 3. The van der Waals surface area contributed by atoms with E-state index >= 15 is 0 Å². The molecular weight excluding hydrogens is 261 g/mol.